The van der Waals surface area contributed by atoms with Gasteiger partial charge in [-0.15, -0.1) is 0 Å². The molecule has 0 spiro atoms. The van der Waals surface area contributed by atoms with E-state index in [9.17, 15) is 9.90 Å². The maximum Gasteiger partial charge on any atom is 0.308 e. The molecule has 0 aliphatic heterocycles. The molecule has 4 heteroatoms. The number of benzene rings is 1. The van der Waals surface area contributed by atoms with Crippen molar-refractivity contribution >= 4 is 5.97 Å². The van der Waals surface area contributed by atoms with Crippen LogP contribution in [0.1, 0.15) is 103 Å². The molecule has 170 valence electrons. The van der Waals surface area contributed by atoms with Crippen LogP contribution in [0.4, 0.5) is 0 Å². The minimum absolute atomic E-state index is 0.0770. The van der Waals surface area contributed by atoms with Gasteiger partial charge in [0.05, 0.1) is 24.7 Å². The summed E-state index contributed by atoms with van der Waals surface area (Å²) in [5.74, 6) is 0.693. The largest absolute Gasteiger partial charge is 0.494 e. The van der Waals surface area contributed by atoms with Crippen LogP contribution in [0.2, 0.25) is 0 Å². The lowest BCUT2D eigenvalue weighted by molar-refractivity contribution is -0.152. The zero-order valence-electron chi connectivity index (χ0n) is 19.2. The third kappa shape index (κ3) is 8.29. The summed E-state index contributed by atoms with van der Waals surface area (Å²) in [4.78, 5) is 12.2. The van der Waals surface area contributed by atoms with Crippen molar-refractivity contribution in [3.8, 4) is 5.75 Å². The number of aliphatic hydroxyl groups is 1. The molecule has 0 saturated heterocycles. The fourth-order valence-corrected chi connectivity index (χ4v) is 4.20. The van der Waals surface area contributed by atoms with Crippen molar-refractivity contribution in [2.24, 2.45) is 5.92 Å². The van der Waals surface area contributed by atoms with Crippen LogP contribution in [-0.4, -0.2) is 24.3 Å². The number of hydrogen-bond acceptors (Lipinski definition) is 4. The van der Waals surface area contributed by atoms with E-state index in [1.54, 1.807) is 0 Å². The molecule has 1 aromatic rings. The highest BCUT2D eigenvalue weighted by atomic mass is 16.5. The maximum atomic E-state index is 12.2. The SMILES string of the molecule is CCCCCCCCOc1ccc(C2(O)CCC(C(=O)OCCCCC)CC2)cc1. The molecule has 0 bridgehead atoms. The normalized spacial score (nSPS) is 21.4. The highest BCUT2D eigenvalue weighted by molar-refractivity contribution is 5.72. The molecule has 0 heterocycles. The summed E-state index contributed by atoms with van der Waals surface area (Å²) < 4.78 is 11.3. The molecule has 1 fully saturated rings. The van der Waals surface area contributed by atoms with Crippen LogP contribution in [0, 0.1) is 5.92 Å². The second kappa shape index (κ2) is 13.7. The van der Waals surface area contributed by atoms with E-state index in [-0.39, 0.29) is 11.9 Å². The molecule has 0 unspecified atom stereocenters. The Balaban J connectivity index is 1.71. The van der Waals surface area contributed by atoms with Gasteiger partial charge in [-0.2, -0.15) is 0 Å². The Morgan fingerprint density at radius 1 is 0.900 bits per heavy atom. The first-order valence-corrected chi connectivity index (χ1v) is 12.2. The number of carbonyl (C=O) groups excluding carboxylic acids is 1. The zero-order valence-corrected chi connectivity index (χ0v) is 19.2. The van der Waals surface area contributed by atoms with Crippen LogP contribution in [0.5, 0.6) is 5.75 Å². The van der Waals surface area contributed by atoms with Crippen molar-refractivity contribution in [3.05, 3.63) is 29.8 Å². The second-order valence-electron chi connectivity index (χ2n) is 8.82. The lowest BCUT2D eigenvalue weighted by Gasteiger charge is -2.35. The van der Waals surface area contributed by atoms with Crippen molar-refractivity contribution in [1.82, 2.24) is 0 Å². The predicted octanol–water partition coefficient (Wildman–Crippen LogP) is 6.54. The molecule has 2 rings (SSSR count). The number of carbonyl (C=O) groups is 1. The highest BCUT2D eigenvalue weighted by Crippen LogP contribution is 2.40. The number of hydrogen-bond donors (Lipinski definition) is 1. The lowest BCUT2D eigenvalue weighted by Crippen LogP contribution is -2.34. The highest BCUT2D eigenvalue weighted by Gasteiger charge is 2.37. The van der Waals surface area contributed by atoms with Gasteiger partial charge in [0, 0.05) is 0 Å². The standard InChI is InChI=1S/C26H42O4/c1-3-5-7-8-9-11-20-29-24-14-12-23(13-15-24)26(28)18-16-22(17-19-26)25(27)30-21-10-6-4-2/h12-15,22,28H,3-11,16-21H2,1-2H3. The van der Waals surface area contributed by atoms with Crippen LogP contribution < -0.4 is 4.74 Å². The van der Waals surface area contributed by atoms with Gasteiger partial charge in [-0.1, -0.05) is 70.9 Å². The van der Waals surface area contributed by atoms with Crippen molar-refractivity contribution in [3.63, 3.8) is 0 Å². The average molecular weight is 419 g/mol. The number of unbranched alkanes of at least 4 members (excludes halogenated alkanes) is 7. The Kier molecular flexibility index (Phi) is 11.3. The van der Waals surface area contributed by atoms with Crippen LogP contribution in [0.3, 0.4) is 0 Å². The molecule has 0 aromatic heterocycles. The van der Waals surface area contributed by atoms with Crippen molar-refractivity contribution < 1.29 is 19.4 Å². The van der Waals surface area contributed by atoms with E-state index in [1.807, 2.05) is 24.3 Å². The van der Waals surface area contributed by atoms with E-state index >= 15 is 0 Å². The van der Waals surface area contributed by atoms with Crippen molar-refractivity contribution in [2.75, 3.05) is 13.2 Å². The quantitative estimate of drug-likeness (QED) is 0.275. The molecule has 1 aromatic carbocycles. The van der Waals surface area contributed by atoms with Crippen molar-refractivity contribution in [1.29, 1.82) is 0 Å². The average Bonchev–Trinajstić information content (AvgIpc) is 2.77. The Morgan fingerprint density at radius 3 is 2.13 bits per heavy atom. The zero-order chi connectivity index (χ0) is 21.7. The van der Waals surface area contributed by atoms with Crippen molar-refractivity contribution in [2.45, 2.75) is 103 Å². The third-order valence-corrected chi connectivity index (χ3v) is 6.30. The Bertz CT molecular complexity index is 588. The minimum atomic E-state index is -0.850. The van der Waals surface area contributed by atoms with Crippen LogP contribution in [-0.2, 0) is 15.1 Å². The van der Waals surface area contributed by atoms with Crippen LogP contribution in [0.15, 0.2) is 24.3 Å². The molecule has 1 aliphatic carbocycles. The summed E-state index contributed by atoms with van der Waals surface area (Å²) in [5, 5.41) is 11.1. The molecule has 0 amide bonds. The summed E-state index contributed by atoms with van der Waals surface area (Å²) in [7, 11) is 0. The summed E-state index contributed by atoms with van der Waals surface area (Å²) in [6.45, 7) is 5.64. The fraction of sp³-hybridized carbons (Fsp3) is 0.731. The third-order valence-electron chi connectivity index (χ3n) is 6.30. The Hall–Kier alpha value is -1.55. The van der Waals surface area contributed by atoms with Gasteiger partial charge in [-0.05, 0) is 56.2 Å². The van der Waals surface area contributed by atoms with Gasteiger partial charge in [0.25, 0.3) is 0 Å². The first kappa shape index (κ1) is 24.7. The molecular weight excluding hydrogens is 376 g/mol. The van der Waals surface area contributed by atoms with Gasteiger partial charge < -0.3 is 14.6 Å². The fourth-order valence-electron chi connectivity index (χ4n) is 4.20. The van der Waals surface area contributed by atoms with E-state index in [1.165, 1.54) is 32.1 Å². The maximum absolute atomic E-state index is 12.2. The molecular formula is C26H42O4. The van der Waals surface area contributed by atoms with E-state index in [2.05, 4.69) is 13.8 Å². The monoisotopic (exact) mass is 418 g/mol. The van der Waals surface area contributed by atoms with Gasteiger partial charge in [0.2, 0.25) is 0 Å². The van der Waals surface area contributed by atoms with Gasteiger partial charge in [0.15, 0.2) is 0 Å². The van der Waals surface area contributed by atoms with Crippen LogP contribution >= 0.6 is 0 Å². The van der Waals surface area contributed by atoms with E-state index in [4.69, 9.17) is 9.47 Å². The molecule has 1 saturated carbocycles. The summed E-state index contributed by atoms with van der Waals surface area (Å²) in [5.41, 5.74) is 0.0701. The Labute approximate surface area is 183 Å². The topological polar surface area (TPSA) is 55.8 Å². The van der Waals surface area contributed by atoms with E-state index in [0.29, 0.717) is 32.3 Å². The summed E-state index contributed by atoms with van der Waals surface area (Å²) in [6.07, 6.45) is 13.2. The molecule has 1 aliphatic rings. The minimum Gasteiger partial charge on any atom is -0.494 e. The first-order chi connectivity index (χ1) is 14.6. The lowest BCUT2D eigenvalue weighted by atomic mass is 9.75. The van der Waals surface area contributed by atoms with Gasteiger partial charge in [0.1, 0.15) is 5.75 Å². The smallest absolute Gasteiger partial charge is 0.308 e. The molecule has 0 radical (unpaired) electrons. The van der Waals surface area contributed by atoms with Gasteiger partial charge >= 0.3 is 5.97 Å². The van der Waals surface area contributed by atoms with Gasteiger partial charge in [-0.25, -0.2) is 0 Å². The molecule has 4 nitrogen and oxygen atoms in total. The summed E-state index contributed by atoms with van der Waals surface area (Å²) in [6, 6.07) is 7.86. The second-order valence-corrected chi connectivity index (χ2v) is 8.82. The first-order valence-electron chi connectivity index (χ1n) is 12.2. The molecule has 1 N–H and O–H groups in total. The number of ether oxygens (including phenoxy) is 2. The van der Waals surface area contributed by atoms with Crippen LogP contribution in [0.25, 0.3) is 0 Å². The van der Waals surface area contributed by atoms with E-state index in [0.717, 1.165) is 43.6 Å². The van der Waals surface area contributed by atoms with E-state index < -0.39 is 5.60 Å². The number of esters is 1. The molecule has 30 heavy (non-hydrogen) atoms. The Morgan fingerprint density at radius 2 is 1.47 bits per heavy atom. The predicted molar refractivity (Wildman–Crippen MR) is 122 cm³/mol. The molecule has 0 atom stereocenters. The van der Waals surface area contributed by atoms with Gasteiger partial charge in [-0.3, -0.25) is 4.79 Å². The summed E-state index contributed by atoms with van der Waals surface area (Å²) >= 11 is 0. The number of rotatable bonds is 14.